The first kappa shape index (κ1) is 24.7. The first-order valence-electron chi connectivity index (χ1n) is 13.5. The molecule has 0 radical (unpaired) electrons. The molecule has 4 bridgehead atoms. The zero-order valence-corrected chi connectivity index (χ0v) is 22.0. The summed E-state index contributed by atoms with van der Waals surface area (Å²) in [6.45, 7) is 0. The lowest BCUT2D eigenvalue weighted by Gasteiger charge is -2.26. The standard InChI is InChI=1S/C34H20BF4N3/c36-34(37,38)24-20-25-30(21-10-4-1-5-11-21)26-16-17-27-31(22-12-6-2-7-13-22)28-18-19-29(42(28)35(39)41(26)27)32(33(24)40-25)23-14-8-3-9-15-23/h1-20H. The van der Waals surface area contributed by atoms with E-state index in [1.165, 1.54) is 4.48 Å². The predicted molar refractivity (Wildman–Crippen MR) is 157 cm³/mol. The molecule has 3 nitrogen and oxygen atoms in total. The van der Waals surface area contributed by atoms with Crippen LogP contribution in [0.4, 0.5) is 17.5 Å². The second-order valence-electron chi connectivity index (χ2n) is 10.4. The molecule has 5 heterocycles. The van der Waals surface area contributed by atoms with E-state index in [4.69, 9.17) is 4.99 Å². The van der Waals surface area contributed by atoms with Crippen molar-refractivity contribution in [1.82, 2.24) is 8.96 Å². The van der Waals surface area contributed by atoms with Gasteiger partial charge in [-0.1, -0.05) is 91.0 Å². The topological polar surface area (TPSA) is 22.2 Å². The Balaban J connectivity index is 1.62. The van der Waals surface area contributed by atoms with Crippen LogP contribution in [0, 0.1) is 0 Å². The van der Waals surface area contributed by atoms with E-state index in [-0.39, 0.29) is 17.0 Å². The lowest BCUT2D eigenvalue weighted by molar-refractivity contribution is -0.0889. The van der Waals surface area contributed by atoms with Crippen molar-refractivity contribution in [1.29, 1.82) is 0 Å². The molecule has 0 spiro atoms. The summed E-state index contributed by atoms with van der Waals surface area (Å²) in [7, 11) is -1.72. The minimum Gasteiger partial charge on any atom is -0.334 e. The molecule has 0 N–H and O–H groups in total. The van der Waals surface area contributed by atoms with Crippen molar-refractivity contribution >= 4 is 29.7 Å². The number of aromatic nitrogens is 2. The summed E-state index contributed by atoms with van der Waals surface area (Å²) in [5.74, 6) is 0. The fraction of sp³-hybridized carbons (Fsp3) is 0.0294. The maximum atomic E-state index is 17.2. The number of aliphatic imine (C=N–C) groups is 1. The molecule has 3 aliphatic rings. The number of hydrogen-bond acceptors (Lipinski definition) is 1. The van der Waals surface area contributed by atoms with E-state index in [9.17, 15) is 13.2 Å². The largest absolute Gasteiger partial charge is 0.597 e. The average molecular weight is 557 g/mol. The van der Waals surface area contributed by atoms with Gasteiger partial charge in [0.1, 0.15) is 0 Å². The van der Waals surface area contributed by atoms with E-state index in [2.05, 4.69) is 0 Å². The predicted octanol–water partition coefficient (Wildman–Crippen LogP) is 6.12. The van der Waals surface area contributed by atoms with E-state index in [0.29, 0.717) is 38.8 Å². The monoisotopic (exact) mass is 557 g/mol. The van der Waals surface area contributed by atoms with Crippen molar-refractivity contribution in [2.45, 2.75) is 6.18 Å². The molecule has 42 heavy (non-hydrogen) atoms. The second kappa shape index (κ2) is 8.95. The van der Waals surface area contributed by atoms with Gasteiger partial charge in [-0.15, -0.1) is 0 Å². The van der Waals surface area contributed by atoms with E-state index in [1.54, 1.807) is 53.0 Å². The van der Waals surface area contributed by atoms with Crippen molar-refractivity contribution in [3.05, 3.63) is 171 Å². The van der Waals surface area contributed by atoms with Gasteiger partial charge in [-0.3, -0.25) is 4.32 Å². The van der Waals surface area contributed by atoms with Crippen LogP contribution in [-0.4, -0.2) is 28.1 Å². The Kier molecular flexibility index (Phi) is 5.26. The fourth-order valence-corrected chi connectivity index (χ4v) is 6.31. The number of nitrogens with zero attached hydrogens (tertiary/aromatic N) is 3. The fourth-order valence-electron chi connectivity index (χ4n) is 6.31. The smallest absolute Gasteiger partial charge is 0.334 e. The Morgan fingerprint density at radius 2 is 1.02 bits per heavy atom. The molecular formula is C34H20BF4N3. The number of fused-ring (bicyclic) bond motifs is 1. The Morgan fingerprint density at radius 1 is 0.548 bits per heavy atom. The summed E-state index contributed by atoms with van der Waals surface area (Å²) in [6, 6.07) is 34.7. The molecule has 0 amide bonds. The third kappa shape index (κ3) is 3.51. The lowest BCUT2D eigenvalue weighted by Crippen LogP contribution is -2.49. The summed E-state index contributed by atoms with van der Waals surface area (Å²) in [4.78, 5) is 4.71. The van der Waals surface area contributed by atoms with Crippen molar-refractivity contribution in [3.63, 3.8) is 0 Å². The van der Waals surface area contributed by atoms with E-state index < -0.39 is 19.0 Å². The highest BCUT2D eigenvalue weighted by Gasteiger charge is 2.43. The van der Waals surface area contributed by atoms with Crippen LogP contribution in [0.15, 0.2) is 138 Å². The summed E-state index contributed by atoms with van der Waals surface area (Å²) >= 11 is 0. The summed E-state index contributed by atoms with van der Waals surface area (Å²) in [5.41, 5.74) is 3.44. The summed E-state index contributed by atoms with van der Waals surface area (Å²) < 4.78 is 64.6. The van der Waals surface area contributed by atoms with Crippen LogP contribution in [-0.2, 0) is 0 Å². The SMILES string of the molecule is FB1n2c3ccc2C(c2ccccc2)=c2ccc(n21)=C(c1ccccc1)C1=NC(=C3c2ccccc2)C(C(F)(F)F)=C1. The molecule has 0 saturated carbocycles. The number of allylic oxidation sites excluding steroid dienone is 2. The van der Waals surface area contributed by atoms with Gasteiger partial charge in [0.25, 0.3) is 0 Å². The van der Waals surface area contributed by atoms with Gasteiger partial charge >= 0.3 is 13.4 Å². The molecule has 8 heteroatoms. The second-order valence-corrected chi connectivity index (χ2v) is 10.4. The van der Waals surface area contributed by atoms with E-state index >= 15 is 4.32 Å². The van der Waals surface area contributed by atoms with Gasteiger partial charge in [-0.25, -0.2) is 4.99 Å². The number of alkyl halides is 3. The minimum atomic E-state index is -4.69. The van der Waals surface area contributed by atoms with Gasteiger partial charge in [0.2, 0.25) is 0 Å². The highest BCUT2D eigenvalue weighted by Crippen LogP contribution is 2.44. The molecule has 202 valence electrons. The summed E-state index contributed by atoms with van der Waals surface area (Å²) in [6.07, 6.45) is -3.59. The summed E-state index contributed by atoms with van der Waals surface area (Å²) in [5, 5.41) is 1.09. The molecule has 2 aromatic heterocycles. The molecule has 0 aliphatic carbocycles. The lowest BCUT2D eigenvalue weighted by atomic mass is 9.90. The Hall–Kier alpha value is -5.11. The van der Waals surface area contributed by atoms with Gasteiger partial charge in [0.05, 0.1) is 17.0 Å². The van der Waals surface area contributed by atoms with Crippen LogP contribution >= 0.6 is 0 Å². The molecule has 3 aliphatic heterocycles. The molecule has 0 atom stereocenters. The molecule has 8 rings (SSSR count). The van der Waals surface area contributed by atoms with Crippen LogP contribution in [0.25, 0.3) is 16.7 Å². The molecule has 0 saturated heterocycles. The maximum Gasteiger partial charge on any atom is 0.597 e. The van der Waals surface area contributed by atoms with Crippen molar-refractivity contribution in [3.8, 4) is 0 Å². The van der Waals surface area contributed by atoms with E-state index in [0.717, 1.165) is 17.2 Å². The zero-order chi connectivity index (χ0) is 28.6. The van der Waals surface area contributed by atoms with Crippen LogP contribution in [0.3, 0.4) is 0 Å². The highest BCUT2D eigenvalue weighted by atomic mass is 19.4. The van der Waals surface area contributed by atoms with Crippen LogP contribution < -0.4 is 10.7 Å². The maximum absolute atomic E-state index is 17.2. The van der Waals surface area contributed by atoms with Crippen molar-refractivity contribution in [2.75, 3.05) is 0 Å². The first-order chi connectivity index (χ1) is 20.4. The van der Waals surface area contributed by atoms with Crippen LogP contribution in [0.5, 0.6) is 0 Å². The van der Waals surface area contributed by atoms with Gasteiger partial charge in [-0.05, 0) is 47.0 Å². The molecule has 5 aromatic rings. The number of rotatable bonds is 3. The average Bonchev–Trinajstić information content (AvgIpc) is 3.74. The molecule has 3 aromatic carbocycles. The van der Waals surface area contributed by atoms with Gasteiger partial charge < -0.3 is 8.96 Å². The minimum absolute atomic E-state index is 0.136. The first-order valence-corrected chi connectivity index (χ1v) is 13.5. The highest BCUT2D eigenvalue weighted by molar-refractivity contribution is 6.49. The quantitative estimate of drug-likeness (QED) is 0.189. The molecule has 0 fully saturated rings. The third-order valence-corrected chi connectivity index (χ3v) is 8.04. The number of hydrogen-bond donors (Lipinski definition) is 0. The normalized spacial score (nSPS) is 15.7. The van der Waals surface area contributed by atoms with E-state index in [1.807, 2.05) is 66.7 Å². The van der Waals surface area contributed by atoms with Gasteiger partial charge in [0, 0.05) is 38.8 Å². The van der Waals surface area contributed by atoms with Gasteiger partial charge in [0.15, 0.2) is 0 Å². The number of halogens is 4. The Labute approximate surface area is 238 Å². The zero-order valence-electron chi connectivity index (χ0n) is 22.0. The number of benzene rings is 3. The van der Waals surface area contributed by atoms with Crippen molar-refractivity contribution < 1.29 is 17.5 Å². The van der Waals surface area contributed by atoms with Gasteiger partial charge in [-0.2, -0.15) is 13.2 Å². The van der Waals surface area contributed by atoms with Crippen LogP contribution in [0.2, 0.25) is 0 Å². The molecular weight excluding hydrogens is 537 g/mol. The Bertz CT molecular complexity index is 2120. The third-order valence-electron chi connectivity index (χ3n) is 8.04. The van der Waals surface area contributed by atoms with Crippen molar-refractivity contribution in [2.24, 2.45) is 4.99 Å². The van der Waals surface area contributed by atoms with Crippen LogP contribution in [0.1, 0.15) is 28.1 Å². The molecule has 0 unspecified atom stereocenters. The Morgan fingerprint density at radius 3 is 1.57 bits per heavy atom.